The zero-order valence-electron chi connectivity index (χ0n) is 14.6. The zero-order chi connectivity index (χ0) is 17.9. The molecule has 3 N–H and O–H groups in total. The first-order valence-corrected chi connectivity index (χ1v) is 8.17. The third kappa shape index (κ3) is 4.47. The first-order valence-electron chi connectivity index (χ1n) is 8.17. The number of amides is 1. The maximum absolute atomic E-state index is 12.3. The number of likely N-dealkylation sites (tertiary alicyclic amines) is 1. The van der Waals surface area contributed by atoms with Crippen molar-refractivity contribution in [2.45, 2.75) is 64.8 Å². The summed E-state index contributed by atoms with van der Waals surface area (Å²) in [6.07, 6.45) is 2.99. The second-order valence-electron chi connectivity index (χ2n) is 7.12. The Hall–Kier alpha value is -2.09. The number of aromatic nitrogens is 2. The topological polar surface area (TPSA) is 108 Å². The lowest BCUT2D eigenvalue weighted by molar-refractivity contribution is 0.00698. The largest absolute Gasteiger partial charge is 0.477 e. The van der Waals surface area contributed by atoms with Gasteiger partial charge >= 0.3 is 12.1 Å². The van der Waals surface area contributed by atoms with Crippen LogP contribution in [0.4, 0.5) is 4.79 Å². The standard InChI is InChI=1S/C16H26N4O4/c1-10-12(17-8-11-9-18-19-13(11)14(21)22)6-5-7-20(10)15(23)24-16(2,3)4/h9-10,12,17H,5-8H2,1-4H3,(H,18,19)(H,21,22). The molecular formula is C16H26N4O4. The summed E-state index contributed by atoms with van der Waals surface area (Å²) in [6.45, 7) is 8.58. The Morgan fingerprint density at radius 1 is 1.50 bits per heavy atom. The molecule has 1 saturated heterocycles. The number of carbonyl (C=O) groups is 2. The van der Waals surface area contributed by atoms with Crippen molar-refractivity contribution >= 4 is 12.1 Å². The monoisotopic (exact) mass is 338 g/mol. The van der Waals surface area contributed by atoms with Crippen LogP contribution in [0, 0.1) is 0 Å². The Morgan fingerprint density at radius 3 is 2.83 bits per heavy atom. The third-order valence-electron chi connectivity index (χ3n) is 4.10. The number of piperidine rings is 1. The first kappa shape index (κ1) is 18.3. The van der Waals surface area contributed by atoms with Crippen LogP contribution in [-0.4, -0.2) is 56.5 Å². The summed E-state index contributed by atoms with van der Waals surface area (Å²) in [7, 11) is 0. The van der Waals surface area contributed by atoms with Gasteiger partial charge in [0, 0.05) is 30.7 Å². The van der Waals surface area contributed by atoms with Crippen molar-refractivity contribution in [3.63, 3.8) is 0 Å². The van der Waals surface area contributed by atoms with E-state index in [1.807, 2.05) is 27.7 Å². The van der Waals surface area contributed by atoms with Crippen LogP contribution in [0.25, 0.3) is 0 Å². The average molecular weight is 338 g/mol. The fraction of sp³-hybridized carbons (Fsp3) is 0.688. The molecule has 0 aromatic carbocycles. The Balaban J connectivity index is 1.97. The molecule has 0 bridgehead atoms. The van der Waals surface area contributed by atoms with Crippen molar-refractivity contribution in [1.29, 1.82) is 0 Å². The highest BCUT2D eigenvalue weighted by molar-refractivity contribution is 5.86. The molecular weight excluding hydrogens is 312 g/mol. The van der Waals surface area contributed by atoms with E-state index in [4.69, 9.17) is 9.84 Å². The smallest absolute Gasteiger partial charge is 0.410 e. The van der Waals surface area contributed by atoms with Crippen LogP contribution in [-0.2, 0) is 11.3 Å². The number of carboxylic acids is 1. The number of carboxylic acid groups (broad SMARTS) is 1. The molecule has 0 aliphatic carbocycles. The number of aromatic amines is 1. The van der Waals surface area contributed by atoms with Crippen LogP contribution in [0.3, 0.4) is 0 Å². The van der Waals surface area contributed by atoms with E-state index in [-0.39, 0.29) is 23.9 Å². The first-order chi connectivity index (χ1) is 11.2. The van der Waals surface area contributed by atoms with Gasteiger partial charge in [-0.05, 0) is 40.5 Å². The van der Waals surface area contributed by atoms with Gasteiger partial charge in [-0.3, -0.25) is 5.10 Å². The molecule has 2 atom stereocenters. The summed E-state index contributed by atoms with van der Waals surface area (Å²) in [5.74, 6) is -1.03. The lowest BCUT2D eigenvalue weighted by atomic mass is 9.97. The molecule has 24 heavy (non-hydrogen) atoms. The SMILES string of the molecule is CC1C(NCc2cn[nH]c2C(=O)O)CCCN1C(=O)OC(C)(C)C. The second-order valence-corrected chi connectivity index (χ2v) is 7.12. The summed E-state index contributed by atoms with van der Waals surface area (Å²) in [6, 6.07) is 0.0385. The van der Waals surface area contributed by atoms with Crippen molar-refractivity contribution in [3.05, 3.63) is 17.5 Å². The highest BCUT2D eigenvalue weighted by atomic mass is 16.6. The Labute approximate surface area is 141 Å². The van der Waals surface area contributed by atoms with Gasteiger partial charge in [0.25, 0.3) is 0 Å². The lowest BCUT2D eigenvalue weighted by Crippen LogP contribution is -2.55. The molecule has 1 aromatic rings. The van der Waals surface area contributed by atoms with E-state index < -0.39 is 11.6 Å². The van der Waals surface area contributed by atoms with Gasteiger partial charge < -0.3 is 20.1 Å². The molecule has 0 spiro atoms. The molecule has 0 radical (unpaired) electrons. The van der Waals surface area contributed by atoms with Crippen molar-refractivity contribution in [2.24, 2.45) is 0 Å². The Kier molecular flexibility index (Phi) is 5.48. The van der Waals surface area contributed by atoms with Crippen LogP contribution in [0.15, 0.2) is 6.20 Å². The summed E-state index contributed by atoms with van der Waals surface area (Å²) in [5, 5.41) is 18.7. The minimum atomic E-state index is -1.03. The van der Waals surface area contributed by atoms with E-state index in [0.29, 0.717) is 18.7 Å². The Bertz CT molecular complexity index is 593. The van der Waals surface area contributed by atoms with E-state index in [9.17, 15) is 9.59 Å². The van der Waals surface area contributed by atoms with Crippen molar-refractivity contribution in [1.82, 2.24) is 20.4 Å². The minimum Gasteiger partial charge on any atom is -0.477 e. The van der Waals surface area contributed by atoms with Crippen LogP contribution >= 0.6 is 0 Å². The van der Waals surface area contributed by atoms with Crippen molar-refractivity contribution < 1.29 is 19.4 Å². The predicted molar refractivity (Wildman–Crippen MR) is 87.8 cm³/mol. The third-order valence-corrected chi connectivity index (χ3v) is 4.10. The summed E-state index contributed by atoms with van der Waals surface area (Å²) in [4.78, 5) is 25.2. The molecule has 2 unspecified atom stereocenters. The molecule has 1 amide bonds. The van der Waals surface area contributed by atoms with E-state index in [2.05, 4.69) is 15.5 Å². The molecule has 0 saturated carbocycles. The van der Waals surface area contributed by atoms with Crippen LogP contribution in [0.1, 0.15) is 56.6 Å². The van der Waals surface area contributed by atoms with E-state index >= 15 is 0 Å². The Morgan fingerprint density at radius 2 is 2.21 bits per heavy atom. The molecule has 1 aliphatic rings. The van der Waals surface area contributed by atoms with Crippen LogP contribution < -0.4 is 5.32 Å². The lowest BCUT2D eigenvalue weighted by Gasteiger charge is -2.40. The van der Waals surface area contributed by atoms with E-state index in [1.165, 1.54) is 6.20 Å². The zero-order valence-corrected chi connectivity index (χ0v) is 14.6. The number of hydrogen-bond acceptors (Lipinski definition) is 5. The number of H-pyrrole nitrogens is 1. The molecule has 1 aliphatic heterocycles. The number of aromatic carboxylic acids is 1. The van der Waals surface area contributed by atoms with Gasteiger partial charge in [0.2, 0.25) is 0 Å². The number of nitrogens with zero attached hydrogens (tertiary/aromatic N) is 2. The van der Waals surface area contributed by atoms with Crippen molar-refractivity contribution in [2.75, 3.05) is 6.54 Å². The van der Waals surface area contributed by atoms with Gasteiger partial charge in [-0.2, -0.15) is 5.10 Å². The summed E-state index contributed by atoms with van der Waals surface area (Å²) < 4.78 is 5.46. The molecule has 1 aromatic heterocycles. The molecule has 8 nitrogen and oxygen atoms in total. The fourth-order valence-electron chi connectivity index (χ4n) is 2.87. The van der Waals surface area contributed by atoms with E-state index in [1.54, 1.807) is 4.90 Å². The number of carbonyl (C=O) groups excluding carboxylic acids is 1. The van der Waals surface area contributed by atoms with Crippen LogP contribution in [0.5, 0.6) is 0 Å². The van der Waals surface area contributed by atoms with E-state index in [0.717, 1.165) is 12.8 Å². The molecule has 8 heteroatoms. The highest BCUT2D eigenvalue weighted by Gasteiger charge is 2.33. The number of hydrogen-bond donors (Lipinski definition) is 3. The quantitative estimate of drug-likeness (QED) is 0.775. The predicted octanol–water partition coefficient (Wildman–Crippen LogP) is 1.99. The molecule has 2 heterocycles. The normalized spacial score (nSPS) is 21.6. The maximum atomic E-state index is 12.3. The summed E-state index contributed by atoms with van der Waals surface area (Å²) >= 11 is 0. The highest BCUT2D eigenvalue weighted by Crippen LogP contribution is 2.21. The second kappa shape index (κ2) is 7.21. The average Bonchev–Trinajstić information content (AvgIpc) is 2.93. The van der Waals surface area contributed by atoms with Crippen LogP contribution in [0.2, 0.25) is 0 Å². The molecule has 1 fully saturated rings. The number of rotatable bonds is 4. The van der Waals surface area contributed by atoms with Crippen molar-refractivity contribution in [3.8, 4) is 0 Å². The van der Waals surface area contributed by atoms with Gasteiger partial charge in [-0.15, -0.1) is 0 Å². The van der Waals surface area contributed by atoms with Gasteiger partial charge in [-0.25, -0.2) is 9.59 Å². The maximum Gasteiger partial charge on any atom is 0.410 e. The minimum absolute atomic E-state index is 0.0335. The van der Waals surface area contributed by atoms with Gasteiger partial charge in [0.1, 0.15) is 11.3 Å². The van der Waals surface area contributed by atoms with Gasteiger partial charge in [0.15, 0.2) is 0 Å². The molecule has 134 valence electrons. The number of nitrogens with one attached hydrogen (secondary N) is 2. The van der Waals surface area contributed by atoms with Gasteiger partial charge in [-0.1, -0.05) is 0 Å². The van der Waals surface area contributed by atoms with Gasteiger partial charge in [0.05, 0.1) is 6.20 Å². The fourth-order valence-corrected chi connectivity index (χ4v) is 2.87. The molecule has 2 rings (SSSR count). The number of ether oxygens (including phenoxy) is 1. The summed E-state index contributed by atoms with van der Waals surface area (Å²) in [5.41, 5.74) is 0.170.